The molecule has 0 unspecified atom stereocenters. The fourth-order valence-electron chi connectivity index (χ4n) is 1.02. The first-order valence-electron chi connectivity index (χ1n) is 5.03. The molecule has 76 valence electrons. The van der Waals surface area contributed by atoms with E-state index in [2.05, 4.69) is 11.9 Å². The molecule has 0 rings (SSSR count). The average Bonchev–Trinajstić information content (AvgIpc) is 2.16. The molecule has 0 bridgehead atoms. The van der Waals surface area contributed by atoms with Crippen LogP contribution in [0.3, 0.4) is 0 Å². The lowest BCUT2D eigenvalue weighted by atomic mass is 10.2. The molecule has 0 atom stereocenters. The summed E-state index contributed by atoms with van der Waals surface area (Å²) in [5.41, 5.74) is 0. The van der Waals surface area contributed by atoms with E-state index in [0.717, 1.165) is 19.4 Å². The van der Waals surface area contributed by atoms with Gasteiger partial charge in [-0.05, 0) is 12.8 Å². The maximum absolute atomic E-state index is 9.68. The summed E-state index contributed by atoms with van der Waals surface area (Å²) in [6.45, 7) is 4.28. The second kappa shape index (κ2) is 11.3. The summed E-state index contributed by atoms with van der Waals surface area (Å²) in [5, 5.41) is 0. The van der Waals surface area contributed by atoms with Crippen molar-refractivity contribution in [1.82, 2.24) is 0 Å². The molecule has 0 aromatic carbocycles. The summed E-state index contributed by atoms with van der Waals surface area (Å²) in [4.78, 5) is 13.1. The van der Waals surface area contributed by atoms with Gasteiger partial charge in [0.1, 0.15) is 0 Å². The van der Waals surface area contributed by atoms with Crippen molar-refractivity contribution in [3.63, 3.8) is 0 Å². The summed E-state index contributed by atoms with van der Waals surface area (Å²) >= 11 is 0. The Morgan fingerprint density at radius 3 is 2.62 bits per heavy atom. The fourth-order valence-corrected chi connectivity index (χ4v) is 1.02. The molecular weight excluding hydrogens is 166 g/mol. The Hall–Kier alpha value is -0.660. The van der Waals surface area contributed by atoms with E-state index in [1.165, 1.54) is 25.3 Å². The van der Waals surface area contributed by atoms with Crippen LogP contribution in [-0.2, 0) is 9.53 Å². The van der Waals surface area contributed by atoms with Crippen molar-refractivity contribution in [2.45, 2.75) is 39.0 Å². The van der Waals surface area contributed by atoms with Gasteiger partial charge in [0.05, 0.1) is 6.54 Å². The number of hydrogen-bond acceptors (Lipinski definition) is 3. The molecule has 0 aromatic rings. The lowest BCUT2D eigenvalue weighted by Gasteiger charge is -2.01. The quantitative estimate of drug-likeness (QED) is 0.314. The number of aliphatic imine (C=N–C) groups is 1. The van der Waals surface area contributed by atoms with E-state index in [0.29, 0.717) is 13.2 Å². The summed E-state index contributed by atoms with van der Waals surface area (Å²) < 4.78 is 5.34. The summed E-state index contributed by atoms with van der Waals surface area (Å²) in [6, 6.07) is 0. The van der Waals surface area contributed by atoms with E-state index in [-0.39, 0.29) is 0 Å². The van der Waals surface area contributed by atoms with Crippen molar-refractivity contribution in [1.29, 1.82) is 0 Å². The minimum absolute atomic E-state index is 0.540. The van der Waals surface area contributed by atoms with Crippen molar-refractivity contribution in [2.24, 2.45) is 4.99 Å². The van der Waals surface area contributed by atoms with Gasteiger partial charge in [-0.15, -0.1) is 0 Å². The Morgan fingerprint density at radius 1 is 1.15 bits per heavy atom. The van der Waals surface area contributed by atoms with E-state index in [9.17, 15) is 4.79 Å². The molecular formula is C10H19NO2. The first-order chi connectivity index (χ1) is 6.41. The first-order valence-corrected chi connectivity index (χ1v) is 5.03. The van der Waals surface area contributed by atoms with Crippen LogP contribution >= 0.6 is 0 Å². The molecule has 0 aliphatic rings. The smallest absolute Gasteiger partial charge is 0.234 e. The van der Waals surface area contributed by atoms with Gasteiger partial charge in [0.15, 0.2) is 0 Å². The van der Waals surface area contributed by atoms with Gasteiger partial charge in [-0.25, -0.2) is 9.79 Å². The zero-order chi connectivity index (χ0) is 9.78. The largest absolute Gasteiger partial charge is 0.381 e. The van der Waals surface area contributed by atoms with E-state index in [1.807, 2.05) is 0 Å². The van der Waals surface area contributed by atoms with Gasteiger partial charge in [0.25, 0.3) is 0 Å². The van der Waals surface area contributed by atoms with Gasteiger partial charge in [0, 0.05) is 13.2 Å². The lowest BCUT2D eigenvalue weighted by Crippen LogP contribution is -1.98. The molecule has 0 radical (unpaired) electrons. The molecule has 13 heavy (non-hydrogen) atoms. The highest BCUT2D eigenvalue weighted by molar-refractivity contribution is 5.32. The predicted octanol–water partition coefficient (Wildman–Crippen LogP) is 2.31. The zero-order valence-electron chi connectivity index (χ0n) is 8.42. The van der Waals surface area contributed by atoms with Gasteiger partial charge >= 0.3 is 0 Å². The molecule has 0 spiro atoms. The van der Waals surface area contributed by atoms with Gasteiger partial charge in [0.2, 0.25) is 6.08 Å². The van der Waals surface area contributed by atoms with Crippen LogP contribution in [0.1, 0.15) is 39.0 Å². The van der Waals surface area contributed by atoms with E-state index < -0.39 is 0 Å². The first kappa shape index (κ1) is 12.3. The van der Waals surface area contributed by atoms with Crippen LogP contribution in [0.2, 0.25) is 0 Å². The van der Waals surface area contributed by atoms with Crippen LogP contribution in [0.5, 0.6) is 0 Å². The van der Waals surface area contributed by atoms with E-state index >= 15 is 0 Å². The minimum atomic E-state index is 0.540. The van der Waals surface area contributed by atoms with Crippen molar-refractivity contribution in [3.05, 3.63) is 0 Å². The maximum Gasteiger partial charge on any atom is 0.234 e. The number of ether oxygens (including phenoxy) is 1. The van der Waals surface area contributed by atoms with Gasteiger partial charge < -0.3 is 4.74 Å². The van der Waals surface area contributed by atoms with Crippen molar-refractivity contribution < 1.29 is 9.53 Å². The molecule has 0 amide bonds. The Labute approximate surface area is 80.2 Å². The number of rotatable bonds is 9. The van der Waals surface area contributed by atoms with Crippen LogP contribution in [0.4, 0.5) is 0 Å². The van der Waals surface area contributed by atoms with Crippen LogP contribution in [0, 0.1) is 0 Å². The molecule has 0 N–H and O–H groups in total. The van der Waals surface area contributed by atoms with Gasteiger partial charge in [-0.2, -0.15) is 0 Å². The standard InChI is InChI=1S/C10H19NO2/c1-2-3-4-5-8-13-9-6-7-11-10-12/h2-9H2,1H3. The number of isocyanates is 1. The molecule has 0 aliphatic carbocycles. The van der Waals surface area contributed by atoms with Crippen molar-refractivity contribution in [3.8, 4) is 0 Å². The summed E-state index contributed by atoms with van der Waals surface area (Å²) in [5.74, 6) is 0. The lowest BCUT2D eigenvalue weighted by molar-refractivity contribution is 0.129. The van der Waals surface area contributed by atoms with Crippen LogP contribution in [0.25, 0.3) is 0 Å². The highest BCUT2D eigenvalue weighted by atomic mass is 16.5. The third kappa shape index (κ3) is 11.3. The highest BCUT2D eigenvalue weighted by Gasteiger charge is 1.89. The second-order valence-corrected chi connectivity index (χ2v) is 3.00. The maximum atomic E-state index is 9.68. The highest BCUT2D eigenvalue weighted by Crippen LogP contribution is 1.98. The minimum Gasteiger partial charge on any atom is -0.381 e. The van der Waals surface area contributed by atoms with Gasteiger partial charge in [-0.1, -0.05) is 26.2 Å². The van der Waals surface area contributed by atoms with Crippen LogP contribution in [0.15, 0.2) is 4.99 Å². The number of hydrogen-bond donors (Lipinski definition) is 0. The van der Waals surface area contributed by atoms with E-state index in [4.69, 9.17) is 4.74 Å². The summed E-state index contributed by atoms with van der Waals surface area (Å²) in [6.07, 6.45) is 7.27. The zero-order valence-corrected chi connectivity index (χ0v) is 8.42. The Kier molecular flexibility index (Phi) is 10.8. The normalized spacial score (nSPS) is 9.62. The van der Waals surface area contributed by atoms with Gasteiger partial charge in [-0.3, -0.25) is 0 Å². The molecule has 0 fully saturated rings. The topological polar surface area (TPSA) is 38.7 Å². The molecule has 0 aromatic heterocycles. The van der Waals surface area contributed by atoms with Crippen LogP contribution < -0.4 is 0 Å². The fraction of sp³-hybridized carbons (Fsp3) is 0.900. The predicted molar refractivity (Wildman–Crippen MR) is 52.6 cm³/mol. The molecule has 3 heteroatoms. The number of nitrogens with zero attached hydrogens (tertiary/aromatic N) is 1. The Bertz CT molecular complexity index is 142. The SMILES string of the molecule is CCCCCCOCCCN=C=O. The van der Waals surface area contributed by atoms with Crippen molar-refractivity contribution in [2.75, 3.05) is 19.8 Å². The third-order valence-corrected chi connectivity index (χ3v) is 1.77. The average molecular weight is 185 g/mol. The number of unbranched alkanes of at least 4 members (excludes halogenated alkanes) is 3. The monoisotopic (exact) mass is 185 g/mol. The molecule has 0 saturated carbocycles. The third-order valence-electron chi connectivity index (χ3n) is 1.77. The Morgan fingerprint density at radius 2 is 1.92 bits per heavy atom. The molecule has 0 saturated heterocycles. The van der Waals surface area contributed by atoms with Crippen LogP contribution in [-0.4, -0.2) is 25.8 Å². The summed E-state index contributed by atoms with van der Waals surface area (Å²) in [7, 11) is 0. The second-order valence-electron chi connectivity index (χ2n) is 3.00. The van der Waals surface area contributed by atoms with Crippen molar-refractivity contribution >= 4 is 6.08 Å². The number of carbonyl (C=O) groups excluding carboxylic acids is 1. The molecule has 0 heterocycles. The van der Waals surface area contributed by atoms with E-state index in [1.54, 1.807) is 0 Å². The Balaban J connectivity index is 2.87. The molecule has 3 nitrogen and oxygen atoms in total. The molecule has 0 aliphatic heterocycles.